The van der Waals surface area contributed by atoms with Crippen LogP contribution in [0.4, 0.5) is 5.82 Å². The van der Waals surface area contributed by atoms with Gasteiger partial charge in [-0.3, -0.25) is 9.78 Å². The first-order chi connectivity index (χ1) is 16.5. The minimum absolute atomic E-state index is 0.0895. The van der Waals surface area contributed by atoms with E-state index in [4.69, 9.17) is 9.97 Å². The lowest BCUT2D eigenvalue weighted by atomic mass is 10.1. The van der Waals surface area contributed by atoms with Crippen LogP contribution in [0.3, 0.4) is 0 Å². The van der Waals surface area contributed by atoms with Crippen LogP contribution < -0.4 is 10.2 Å². The van der Waals surface area contributed by atoms with Crippen LogP contribution >= 0.6 is 11.8 Å². The fraction of sp³-hybridized carbons (Fsp3) is 0.385. The molecule has 1 aliphatic heterocycles. The first-order valence-electron chi connectivity index (χ1n) is 11.7. The zero-order valence-corrected chi connectivity index (χ0v) is 20.9. The van der Waals surface area contributed by atoms with Gasteiger partial charge in [-0.2, -0.15) is 0 Å². The highest BCUT2D eigenvalue weighted by Gasteiger charge is 2.20. The van der Waals surface area contributed by atoms with Crippen molar-refractivity contribution in [1.29, 1.82) is 0 Å². The van der Waals surface area contributed by atoms with E-state index in [0.29, 0.717) is 12.1 Å². The molecule has 0 aliphatic carbocycles. The number of nitrogens with zero attached hydrogens (tertiary/aromatic N) is 5. The first kappa shape index (κ1) is 24.2. The van der Waals surface area contributed by atoms with E-state index in [1.807, 2.05) is 36.4 Å². The van der Waals surface area contributed by atoms with E-state index in [2.05, 4.69) is 40.9 Å². The van der Waals surface area contributed by atoms with Gasteiger partial charge in [0.1, 0.15) is 5.82 Å². The summed E-state index contributed by atoms with van der Waals surface area (Å²) in [5, 5.41) is 3.74. The molecule has 1 fully saturated rings. The van der Waals surface area contributed by atoms with Crippen LogP contribution in [0.5, 0.6) is 0 Å². The lowest BCUT2D eigenvalue weighted by molar-refractivity contribution is 0.0951. The third-order valence-corrected chi connectivity index (χ3v) is 7.14. The molecule has 1 amide bonds. The normalized spacial score (nSPS) is 14.3. The van der Waals surface area contributed by atoms with E-state index in [-0.39, 0.29) is 5.91 Å². The fourth-order valence-electron chi connectivity index (χ4n) is 3.92. The largest absolute Gasteiger partial charge is 0.354 e. The number of aromatic nitrogens is 3. The van der Waals surface area contributed by atoms with Gasteiger partial charge in [0.2, 0.25) is 0 Å². The summed E-state index contributed by atoms with van der Waals surface area (Å²) < 4.78 is 0. The molecular weight excluding hydrogens is 444 g/mol. The van der Waals surface area contributed by atoms with E-state index in [1.54, 1.807) is 24.2 Å². The number of hydrogen-bond donors (Lipinski definition) is 1. The fourth-order valence-corrected chi connectivity index (χ4v) is 4.76. The standard InChI is InChI=1S/C26H32N6OS/c1-4-31-12-14-32(15-13-31)24-19(2)20(3)29-26(30-24)34-18-21-7-9-23(10-8-21)25(33)28-17-22-6-5-11-27-16-22/h5-11,16H,4,12-15,17-18H2,1-3H3,(H,28,33). The van der Waals surface area contributed by atoms with E-state index in [9.17, 15) is 4.79 Å². The summed E-state index contributed by atoms with van der Waals surface area (Å²) in [5.41, 5.74) is 4.95. The highest BCUT2D eigenvalue weighted by molar-refractivity contribution is 7.98. The number of pyridine rings is 1. The summed E-state index contributed by atoms with van der Waals surface area (Å²) >= 11 is 1.63. The molecule has 0 radical (unpaired) electrons. The van der Waals surface area contributed by atoms with Crippen LogP contribution in [0.2, 0.25) is 0 Å². The molecule has 7 nitrogen and oxygen atoms in total. The molecule has 3 aromatic rings. The molecule has 34 heavy (non-hydrogen) atoms. The maximum absolute atomic E-state index is 12.4. The summed E-state index contributed by atoms with van der Waals surface area (Å²) in [5.74, 6) is 1.73. The number of likely N-dealkylation sites (N-methyl/N-ethyl adjacent to an activating group) is 1. The average Bonchev–Trinajstić information content (AvgIpc) is 2.89. The van der Waals surface area contributed by atoms with Crippen molar-refractivity contribution in [2.75, 3.05) is 37.6 Å². The number of carbonyl (C=O) groups is 1. The zero-order valence-electron chi connectivity index (χ0n) is 20.1. The average molecular weight is 477 g/mol. The molecule has 0 saturated carbocycles. The lowest BCUT2D eigenvalue weighted by Gasteiger charge is -2.35. The van der Waals surface area contributed by atoms with Gasteiger partial charge in [0.25, 0.3) is 5.91 Å². The van der Waals surface area contributed by atoms with Gasteiger partial charge in [0, 0.05) is 67.7 Å². The van der Waals surface area contributed by atoms with Gasteiger partial charge >= 0.3 is 0 Å². The Morgan fingerprint density at radius 2 is 1.79 bits per heavy atom. The number of carbonyl (C=O) groups excluding carboxylic acids is 1. The monoisotopic (exact) mass is 476 g/mol. The number of benzene rings is 1. The molecule has 1 saturated heterocycles. The number of aryl methyl sites for hydroxylation is 1. The van der Waals surface area contributed by atoms with Gasteiger partial charge in [0.15, 0.2) is 5.16 Å². The van der Waals surface area contributed by atoms with Gasteiger partial charge in [-0.25, -0.2) is 9.97 Å². The van der Waals surface area contributed by atoms with Crippen molar-refractivity contribution in [2.45, 2.75) is 38.2 Å². The third-order valence-electron chi connectivity index (χ3n) is 6.22. The number of rotatable bonds is 8. The Morgan fingerprint density at radius 3 is 2.47 bits per heavy atom. The van der Waals surface area contributed by atoms with Gasteiger partial charge in [0.05, 0.1) is 0 Å². The molecule has 178 valence electrons. The number of piperazine rings is 1. The Morgan fingerprint density at radius 1 is 1.03 bits per heavy atom. The maximum Gasteiger partial charge on any atom is 0.251 e. The molecule has 1 N–H and O–H groups in total. The minimum atomic E-state index is -0.0895. The Bertz CT molecular complexity index is 1100. The molecule has 1 aliphatic rings. The number of hydrogen-bond acceptors (Lipinski definition) is 7. The molecule has 8 heteroatoms. The molecular formula is C26H32N6OS. The summed E-state index contributed by atoms with van der Waals surface area (Å²) in [4.78, 5) is 31.0. The summed E-state index contributed by atoms with van der Waals surface area (Å²) in [6.07, 6.45) is 3.48. The smallest absolute Gasteiger partial charge is 0.251 e. The number of thioether (sulfide) groups is 1. The highest BCUT2D eigenvalue weighted by atomic mass is 32.2. The second kappa shape index (κ2) is 11.4. The van der Waals surface area contributed by atoms with Crippen LogP contribution in [-0.4, -0.2) is 58.5 Å². The Balaban J connectivity index is 1.35. The van der Waals surface area contributed by atoms with Crippen molar-refractivity contribution in [2.24, 2.45) is 0 Å². The lowest BCUT2D eigenvalue weighted by Crippen LogP contribution is -2.46. The quantitative estimate of drug-likeness (QED) is 0.391. The number of anilines is 1. The second-order valence-corrected chi connectivity index (χ2v) is 9.43. The topological polar surface area (TPSA) is 74.2 Å². The van der Waals surface area contributed by atoms with Gasteiger partial charge in [-0.1, -0.05) is 36.9 Å². The van der Waals surface area contributed by atoms with Gasteiger partial charge in [-0.05, 0) is 49.7 Å². The zero-order chi connectivity index (χ0) is 23.9. The van der Waals surface area contributed by atoms with Crippen LogP contribution in [0.1, 0.15) is 39.7 Å². The molecule has 0 unspecified atom stereocenters. The van der Waals surface area contributed by atoms with Crippen LogP contribution in [0.25, 0.3) is 0 Å². The van der Waals surface area contributed by atoms with E-state index < -0.39 is 0 Å². The van der Waals surface area contributed by atoms with Gasteiger partial charge < -0.3 is 15.1 Å². The summed E-state index contributed by atoms with van der Waals surface area (Å²) in [6, 6.07) is 11.5. The van der Waals surface area contributed by atoms with E-state index in [0.717, 1.165) is 71.8 Å². The van der Waals surface area contributed by atoms with Crippen LogP contribution in [0, 0.1) is 13.8 Å². The molecule has 0 atom stereocenters. The van der Waals surface area contributed by atoms with Crippen LogP contribution in [-0.2, 0) is 12.3 Å². The van der Waals surface area contributed by atoms with E-state index in [1.165, 1.54) is 0 Å². The SMILES string of the molecule is CCN1CCN(c2nc(SCc3ccc(C(=O)NCc4cccnc4)cc3)nc(C)c2C)CC1. The summed E-state index contributed by atoms with van der Waals surface area (Å²) in [6.45, 7) is 12.1. The Labute approximate surface area is 206 Å². The van der Waals surface area contributed by atoms with Crippen molar-refractivity contribution < 1.29 is 4.79 Å². The van der Waals surface area contributed by atoms with Crippen molar-refractivity contribution in [1.82, 2.24) is 25.2 Å². The molecule has 4 rings (SSSR count). The molecule has 1 aromatic carbocycles. The first-order valence-corrected chi connectivity index (χ1v) is 12.7. The molecule has 2 aromatic heterocycles. The van der Waals surface area contributed by atoms with Crippen molar-refractivity contribution in [3.05, 3.63) is 76.7 Å². The number of amides is 1. The molecule has 3 heterocycles. The Hall–Kier alpha value is -2.97. The minimum Gasteiger partial charge on any atom is -0.354 e. The molecule has 0 bridgehead atoms. The maximum atomic E-state index is 12.4. The number of nitrogens with one attached hydrogen (secondary N) is 1. The van der Waals surface area contributed by atoms with Crippen molar-refractivity contribution in [3.63, 3.8) is 0 Å². The van der Waals surface area contributed by atoms with Crippen molar-refractivity contribution in [3.8, 4) is 0 Å². The highest BCUT2D eigenvalue weighted by Crippen LogP contribution is 2.27. The summed E-state index contributed by atoms with van der Waals surface area (Å²) in [7, 11) is 0. The second-order valence-electron chi connectivity index (χ2n) is 8.49. The predicted octanol–water partition coefficient (Wildman–Crippen LogP) is 3.85. The Kier molecular flexibility index (Phi) is 8.13. The van der Waals surface area contributed by atoms with Gasteiger partial charge in [-0.15, -0.1) is 0 Å². The van der Waals surface area contributed by atoms with Crippen molar-refractivity contribution >= 4 is 23.5 Å². The van der Waals surface area contributed by atoms with E-state index >= 15 is 0 Å². The third kappa shape index (κ3) is 6.12. The van der Waals surface area contributed by atoms with Crippen LogP contribution in [0.15, 0.2) is 53.9 Å². The molecule has 0 spiro atoms. The predicted molar refractivity (Wildman–Crippen MR) is 137 cm³/mol.